The summed E-state index contributed by atoms with van der Waals surface area (Å²) in [5.41, 5.74) is 1.31. The molecule has 0 saturated heterocycles. The van der Waals surface area contributed by atoms with Crippen LogP contribution in [-0.4, -0.2) is 54.0 Å². The Balaban J connectivity index is 1.56. The lowest BCUT2D eigenvalue weighted by Crippen LogP contribution is -2.46. The van der Waals surface area contributed by atoms with Crippen molar-refractivity contribution in [2.24, 2.45) is 4.99 Å². The molecule has 0 aliphatic heterocycles. The second-order valence-corrected chi connectivity index (χ2v) is 9.01. The van der Waals surface area contributed by atoms with Gasteiger partial charge in [0, 0.05) is 48.0 Å². The van der Waals surface area contributed by atoms with E-state index in [4.69, 9.17) is 4.74 Å². The fraction of sp³-hybridized carbons (Fsp3) is 0.667. The van der Waals surface area contributed by atoms with E-state index in [2.05, 4.69) is 39.9 Å². The van der Waals surface area contributed by atoms with Crippen LogP contribution >= 0.6 is 0 Å². The van der Waals surface area contributed by atoms with Crippen LogP contribution in [0.1, 0.15) is 44.6 Å². The number of ether oxygens (including phenoxy) is 1. The third-order valence-corrected chi connectivity index (χ3v) is 6.72. The Morgan fingerprint density at radius 1 is 1.26 bits per heavy atom. The monoisotopic (exact) mass is 393 g/mol. The molecule has 0 aromatic heterocycles. The van der Waals surface area contributed by atoms with Gasteiger partial charge in [-0.25, -0.2) is 0 Å². The molecule has 0 spiro atoms. The third kappa shape index (κ3) is 8.43. The van der Waals surface area contributed by atoms with Gasteiger partial charge in [-0.05, 0) is 37.7 Å². The van der Waals surface area contributed by atoms with Crippen LogP contribution in [-0.2, 0) is 22.0 Å². The first-order valence-electron chi connectivity index (χ1n) is 10.2. The van der Waals surface area contributed by atoms with Crippen molar-refractivity contribution in [3.63, 3.8) is 0 Å². The van der Waals surface area contributed by atoms with Gasteiger partial charge in [-0.15, -0.1) is 0 Å². The van der Waals surface area contributed by atoms with Gasteiger partial charge in [0.2, 0.25) is 0 Å². The minimum atomic E-state index is -0.692. The van der Waals surface area contributed by atoms with Gasteiger partial charge in [-0.2, -0.15) is 0 Å². The van der Waals surface area contributed by atoms with Gasteiger partial charge in [-0.3, -0.25) is 9.20 Å². The molecule has 27 heavy (non-hydrogen) atoms. The van der Waals surface area contributed by atoms with Crippen molar-refractivity contribution in [1.29, 1.82) is 0 Å². The van der Waals surface area contributed by atoms with Crippen molar-refractivity contribution in [3.05, 3.63) is 35.9 Å². The highest BCUT2D eigenvalue weighted by Crippen LogP contribution is 2.22. The van der Waals surface area contributed by atoms with Crippen molar-refractivity contribution in [3.8, 4) is 0 Å². The van der Waals surface area contributed by atoms with E-state index in [1.54, 1.807) is 7.05 Å². The topological polar surface area (TPSA) is 62.7 Å². The molecule has 1 aromatic carbocycles. The molecule has 0 heterocycles. The van der Waals surface area contributed by atoms with E-state index in [1.807, 2.05) is 13.0 Å². The average molecular weight is 394 g/mol. The van der Waals surface area contributed by atoms with Crippen molar-refractivity contribution in [2.75, 3.05) is 32.6 Å². The lowest BCUT2D eigenvalue weighted by Gasteiger charge is -2.30. The van der Waals surface area contributed by atoms with E-state index < -0.39 is 10.8 Å². The van der Waals surface area contributed by atoms with Crippen molar-refractivity contribution < 1.29 is 8.95 Å². The van der Waals surface area contributed by atoms with E-state index >= 15 is 0 Å². The summed E-state index contributed by atoms with van der Waals surface area (Å²) in [7, 11) is 1.11. The highest BCUT2D eigenvalue weighted by molar-refractivity contribution is 7.85. The first kappa shape index (κ1) is 21.9. The van der Waals surface area contributed by atoms with Gasteiger partial charge in [0.1, 0.15) is 0 Å². The molecule has 1 aliphatic rings. The van der Waals surface area contributed by atoms with Crippen LogP contribution in [0.2, 0.25) is 0 Å². The Morgan fingerprint density at radius 3 is 2.81 bits per heavy atom. The Labute approximate surface area is 166 Å². The molecule has 1 aromatic rings. The summed E-state index contributed by atoms with van der Waals surface area (Å²) in [5, 5.41) is 7.20. The number of hydrogen-bond donors (Lipinski definition) is 2. The van der Waals surface area contributed by atoms with E-state index in [1.165, 1.54) is 5.56 Å². The summed E-state index contributed by atoms with van der Waals surface area (Å²) in [5.74, 6) is 1.60. The fourth-order valence-corrected chi connectivity index (χ4v) is 4.80. The van der Waals surface area contributed by atoms with Crippen LogP contribution in [0.15, 0.2) is 35.3 Å². The zero-order valence-electron chi connectivity index (χ0n) is 16.8. The molecular formula is C21H35N3O2S. The van der Waals surface area contributed by atoms with Crippen molar-refractivity contribution in [1.82, 2.24) is 10.6 Å². The summed E-state index contributed by atoms with van der Waals surface area (Å²) in [6, 6.07) is 10.8. The third-order valence-electron chi connectivity index (χ3n) is 4.98. The van der Waals surface area contributed by atoms with Crippen LogP contribution < -0.4 is 10.6 Å². The van der Waals surface area contributed by atoms with Crippen LogP contribution in [0.3, 0.4) is 0 Å². The molecule has 3 unspecified atom stereocenters. The Hall–Kier alpha value is -1.40. The van der Waals surface area contributed by atoms with Gasteiger partial charge >= 0.3 is 0 Å². The molecule has 2 N–H and O–H groups in total. The predicted octanol–water partition coefficient (Wildman–Crippen LogP) is 2.88. The van der Waals surface area contributed by atoms with Gasteiger partial charge in [0.05, 0.1) is 6.61 Å². The van der Waals surface area contributed by atoms with E-state index in [0.717, 1.165) is 70.0 Å². The zero-order chi connectivity index (χ0) is 19.3. The smallest absolute Gasteiger partial charge is 0.191 e. The number of aliphatic imine (C=N–C) groups is 1. The molecule has 152 valence electrons. The van der Waals surface area contributed by atoms with Gasteiger partial charge in [0.15, 0.2) is 5.96 Å². The number of nitrogens with one attached hydrogen (secondary N) is 2. The van der Waals surface area contributed by atoms with Gasteiger partial charge < -0.3 is 15.4 Å². The molecule has 0 amide bonds. The number of nitrogens with zero attached hydrogens (tertiary/aromatic N) is 1. The van der Waals surface area contributed by atoms with E-state index in [-0.39, 0.29) is 0 Å². The molecule has 6 heteroatoms. The van der Waals surface area contributed by atoms with E-state index in [9.17, 15) is 4.21 Å². The van der Waals surface area contributed by atoms with Crippen molar-refractivity contribution in [2.45, 2.75) is 56.7 Å². The summed E-state index contributed by atoms with van der Waals surface area (Å²) in [4.78, 5) is 4.32. The molecule has 5 nitrogen and oxygen atoms in total. The lowest BCUT2D eigenvalue weighted by atomic mass is 9.95. The maximum atomic E-state index is 12.1. The Kier molecular flexibility index (Phi) is 10.5. The lowest BCUT2D eigenvalue weighted by molar-refractivity contribution is 0.135. The van der Waals surface area contributed by atoms with E-state index in [0.29, 0.717) is 11.3 Å². The quantitative estimate of drug-likeness (QED) is 0.364. The first-order valence-corrected chi connectivity index (χ1v) is 11.6. The standard InChI is InChI=1S/C21H35N3O2S/c1-3-27(25)20-12-7-11-19(17-20)24-21(22-2)23-14-8-15-26-16-13-18-9-5-4-6-10-18/h4-6,9-10,19-20H,3,7-8,11-17H2,1-2H3,(H2,22,23,24). The fourth-order valence-electron chi connectivity index (χ4n) is 3.46. The molecule has 2 rings (SSSR count). The highest BCUT2D eigenvalue weighted by Gasteiger charge is 2.25. The first-order chi connectivity index (χ1) is 13.2. The number of hydrogen-bond acceptors (Lipinski definition) is 3. The number of guanidine groups is 1. The van der Waals surface area contributed by atoms with Crippen LogP contribution in [0, 0.1) is 0 Å². The minimum absolute atomic E-state index is 0.331. The largest absolute Gasteiger partial charge is 0.381 e. The number of benzene rings is 1. The molecule has 0 radical (unpaired) electrons. The maximum Gasteiger partial charge on any atom is 0.191 e. The maximum absolute atomic E-state index is 12.1. The zero-order valence-corrected chi connectivity index (χ0v) is 17.6. The Bertz CT molecular complexity index is 580. The predicted molar refractivity (Wildman–Crippen MR) is 115 cm³/mol. The highest BCUT2D eigenvalue weighted by atomic mass is 32.2. The molecule has 0 bridgehead atoms. The second-order valence-electron chi connectivity index (χ2n) is 7.00. The minimum Gasteiger partial charge on any atom is -0.381 e. The second kappa shape index (κ2) is 12.9. The molecule has 1 fully saturated rings. The normalized spacial score (nSPS) is 21.6. The summed E-state index contributed by atoms with van der Waals surface area (Å²) in [6.45, 7) is 4.35. The summed E-state index contributed by atoms with van der Waals surface area (Å²) < 4.78 is 17.8. The van der Waals surface area contributed by atoms with Crippen molar-refractivity contribution >= 4 is 16.8 Å². The van der Waals surface area contributed by atoms with Gasteiger partial charge in [-0.1, -0.05) is 43.7 Å². The van der Waals surface area contributed by atoms with Crippen LogP contribution in [0.5, 0.6) is 0 Å². The average Bonchev–Trinajstić information content (AvgIpc) is 2.72. The summed E-state index contributed by atoms with van der Waals surface area (Å²) in [6.07, 6.45) is 6.23. The molecule has 3 atom stereocenters. The van der Waals surface area contributed by atoms with Crippen LogP contribution in [0.25, 0.3) is 0 Å². The van der Waals surface area contributed by atoms with Crippen LogP contribution in [0.4, 0.5) is 0 Å². The molecule has 1 saturated carbocycles. The Morgan fingerprint density at radius 2 is 2.07 bits per heavy atom. The molecular weight excluding hydrogens is 358 g/mol. The van der Waals surface area contributed by atoms with Gasteiger partial charge in [0.25, 0.3) is 0 Å². The number of rotatable bonds is 10. The SMILES string of the molecule is CCS(=O)C1CCCC(NC(=NC)NCCCOCCc2ccccc2)C1. The summed E-state index contributed by atoms with van der Waals surface area (Å²) >= 11 is 0. The molecule has 1 aliphatic carbocycles.